The van der Waals surface area contributed by atoms with Gasteiger partial charge in [0.05, 0.1) is 24.2 Å². The van der Waals surface area contributed by atoms with Gasteiger partial charge in [0.15, 0.2) is 32.7 Å². The van der Waals surface area contributed by atoms with Crippen LogP contribution in [-0.4, -0.2) is 109 Å². The molecule has 1 fully saturated rings. The number of amides is 4. The molecular weight excluding hydrogens is 839 g/mol. The summed E-state index contributed by atoms with van der Waals surface area (Å²) in [5.41, 5.74) is 5.38. The first-order valence-electron chi connectivity index (χ1n) is 19.7. The number of nitrogens with one attached hydrogen (secondary N) is 2. The normalized spacial score (nSPS) is 19.0. The van der Waals surface area contributed by atoms with Gasteiger partial charge >= 0.3 is 0 Å². The first-order chi connectivity index (χ1) is 28.5. The lowest BCUT2D eigenvalue weighted by Gasteiger charge is -2.46. The van der Waals surface area contributed by atoms with Gasteiger partial charge in [-0.3, -0.25) is 29.5 Å². The van der Waals surface area contributed by atoms with Crippen molar-refractivity contribution in [2.24, 2.45) is 5.73 Å². The number of imide groups is 1. The van der Waals surface area contributed by atoms with E-state index in [-0.39, 0.29) is 78.2 Å². The number of aryl methyl sites for hydroxylation is 2. The van der Waals surface area contributed by atoms with Crippen LogP contribution in [0.3, 0.4) is 0 Å². The summed E-state index contributed by atoms with van der Waals surface area (Å²) in [6.45, 7) is 0.404. The molecule has 0 bridgehead atoms. The third-order valence-corrected chi connectivity index (χ3v) is 14.8. The standard InChI is InChI=1S/C39H43N7O11S3/c40-28(41)10-5-17-58-27-20-30(48)45(38(27)50)16-14-42-29(47)11-15-46-37(49)23-8-1-2-9-24(23)39(46)25-18-21-6-3-12-43-31(21)35(59(51,52)53)33(25)57-34-26(39)19-22-7-4-13-44-32(22)36(34)60(54,55)56/h1-2,8-9,18-19,27,43-44H,3-7,10-17,20H2,(H3,40,41)(H,42,47)(H,51,52,53)(H,54,55,56). The van der Waals surface area contributed by atoms with E-state index < -0.39 is 64.1 Å². The second-order valence-electron chi connectivity index (χ2n) is 15.4. The van der Waals surface area contributed by atoms with Crippen LogP contribution in [0.1, 0.15) is 76.7 Å². The van der Waals surface area contributed by atoms with Crippen molar-refractivity contribution in [2.75, 3.05) is 38.5 Å². The Morgan fingerprint density at radius 3 is 2.10 bits per heavy atom. The van der Waals surface area contributed by atoms with Crippen LogP contribution in [-0.2, 0) is 53.0 Å². The fourth-order valence-corrected chi connectivity index (χ4v) is 12.1. The molecule has 21 heteroatoms. The van der Waals surface area contributed by atoms with Gasteiger partial charge in [-0.2, -0.15) is 0 Å². The van der Waals surface area contributed by atoms with E-state index in [4.69, 9.17) is 15.9 Å². The van der Waals surface area contributed by atoms with Gasteiger partial charge in [0.25, 0.3) is 5.91 Å². The zero-order chi connectivity index (χ0) is 42.7. The molecule has 60 heavy (non-hydrogen) atoms. The van der Waals surface area contributed by atoms with Gasteiger partial charge in [0.1, 0.15) is 25.8 Å². The van der Waals surface area contributed by atoms with Crippen LogP contribution in [0.25, 0.3) is 0 Å². The van der Waals surface area contributed by atoms with Crippen LogP contribution in [0, 0.1) is 5.41 Å². The van der Waals surface area contributed by atoms with Crippen molar-refractivity contribution in [1.29, 1.82) is 5.41 Å². The first kappa shape index (κ1) is 41.8. The summed E-state index contributed by atoms with van der Waals surface area (Å²) in [5, 5.41) is 12.7. The van der Waals surface area contributed by atoms with Crippen molar-refractivity contribution < 1.29 is 60.5 Å². The van der Waals surface area contributed by atoms with Gasteiger partial charge in [0.2, 0.25) is 17.7 Å². The Labute approximate surface area is 350 Å². The van der Waals surface area contributed by atoms with E-state index in [2.05, 4.69) is 5.32 Å². The molecule has 0 saturated carbocycles. The number of amidine groups is 1. The average molecular weight is 882 g/mol. The van der Waals surface area contributed by atoms with Crippen LogP contribution in [0.5, 0.6) is 11.5 Å². The van der Waals surface area contributed by atoms with E-state index in [0.29, 0.717) is 74.1 Å². The molecule has 5 aliphatic rings. The molecule has 8 rings (SSSR count). The maximum absolute atomic E-state index is 14.7. The van der Waals surface area contributed by atoms with Gasteiger partial charge in [-0.15, -0.1) is 11.8 Å². The number of rotatable bonds is 13. The fourth-order valence-electron chi connectivity index (χ4n) is 9.23. The SMILES string of the molecule is N=C(N)CCCSC1CC(=O)N(CCNC(=O)CCN2C(=O)c3ccccc3C23c2cc4c(c(S(=O)(=O)[O-])c2Oc2c3cc3c(c2S(=O)(=O)[O-])[NH2+]CCC3)[NH2+]CCC4)C1=O. The van der Waals surface area contributed by atoms with Crippen molar-refractivity contribution in [1.82, 2.24) is 15.1 Å². The van der Waals surface area contributed by atoms with E-state index >= 15 is 0 Å². The lowest BCUT2D eigenvalue weighted by molar-refractivity contribution is -0.578. The van der Waals surface area contributed by atoms with Gasteiger partial charge < -0.3 is 40.4 Å². The molecule has 1 saturated heterocycles. The molecule has 318 valence electrons. The predicted octanol–water partition coefficient (Wildman–Crippen LogP) is -0.286. The summed E-state index contributed by atoms with van der Waals surface area (Å²) in [6.07, 6.45) is 2.66. The van der Waals surface area contributed by atoms with Gasteiger partial charge in [0, 0.05) is 79.6 Å². The summed E-state index contributed by atoms with van der Waals surface area (Å²) < 4.78 is 86.2. The minimum absolute atomic E-state index is 0.0110. The van der Waals surface area contributed by atoms with Gasteiger partial charge in [-0.25, -0.2) is 16.8 Å². The summed E-state index contributed by atoms with van der Waals surface area (Å²) in [7, 11) is -10.7. The topological polar surface area (TPSA) is 294 Å². The number of ether oxygens (including phenoxy) is 1. The number of hydrogen-bond acceptors (Lipinski definition) is 13. The van der Waals surface area contributed by atoms with Crippen LogP contribution < -0.4 is 26.4 Å². The average Bonchev–Trinajstić information content (AvgIpc) is 3.61. The predicted molar refractivity (Wildman–Crippen MR) is 212 cm³/mol. The molecule has 1 atom stereocenters. The maximum Gasteiger partial charge on any atom is 0.255 e. The summed E-state index contributed by atoms with van der Waals surface area (Å²) >= 11 is 1.32. The van der Waals surface area contributed by atoms with E-state index in [9.17, 15) is 45.1 Å². The highest BCUT2D eigenvalue weighted by Gasteiger charge is 2.59. The molecule has 5 aliphatic heterocycles. The molecule has 0 radical (unpaired) electrons. The molecular formula is C39H43N7O11S3. The molecule has 0 aromatic heterocycles. The number of likely N-dealkylation sites (tertiary alicyclic amines) is 1. The minimum atomic E-state index is -5.35. The van der Waals surface area contributed by atoms with E-state index in [1.807, 2.05) is 0 Å². The molecule has 3 aromatic rings. The van der Waals surface area contributed by atoms with E-state index in [1.165, 1.54) is 16.7 Å². The number of fused-ring (bicyclic) bond motifs is 8. The number of nitrogens with two attached hydrogens (primary N) is 3. The Balaban J connectivity index is 1.18. The van der Waals surface area contributed by atoms with Crippen molar-refractivity contribution in [3.05, 3.63) is 69.8 Å². The molecule has 0 aliphatic carbocycles. The number of hydrogen-bond donors (Lipinski definition) is 5. The largest absolute Gasteiger partial charge is 0.744 e. The molecule has 18 nitrogen and oxygen atoms in total. The van der Waals surface area contributed by atoms with Crippen LogP contribution >= 0.6 is 11.8 Å². The van der Waals surface area contributed by atoms with Crippen molar-refractivity contribution in [3.8, 4) is 11.5 Å². The highest BCUT2D eigenvalue weighted by atomic mass is 32.2. The molecule has 8 N–H and O–H groups in total. The molecule has 3 aromatic carbocycles. The highest BCUT2D eigenvalue weighted by molar-refractivity contribution is 8.00. The number of carbonyl (C=O) groups is 4. The van der Waals surface area contributed by atoms with Crippen LogP contribution in [0.2, 0.25) is 0 Å². The molecule has 1 spiro atoms. The molecule has 4 amide bonds. The second-order valence-corrected chi connectivity index (χ2v) is 19.3. The number of quaternary nitrogens is 2. The third-order valence-electron chi connectivity index (χ3n) is 11.7. The molecule has 1 unspecified atom stereocenters. The summed E-state index contributed by atoms with van der Waals surface area (Å²) in [4.78, 5) is 55.1. The van der Waals surface area contributed by atoms with Crippen LogP contribution in [0.4, 0.5) is 11.4 Å². The summed E-state index contributed by atoms with van der Waals surface area (Å²) in [5.74, 6) is -2.30. The Morgan fingerprint density at radius 1 is 0.917 bits per heavy atom. The third kappa shape index (κ3) is 7.14. The zero-order valence-corrected chi connectivity index (χ0v) is 34.7. The Hall–Kier alpha value is -4.90. The minimum Gasteiger partial charge on any atom is -0.744 e. The number of benzene rings is 3. The number of carbonyl (C=O) groups excluding carboxylic acids is 4. The zero-order valence-electron chi connectivity index (χ0n) is 32.3. The Kier molecular flexibility index (Phi) is 11.0. The van der Waals surface area contributed by atoms with Gasteiger partial charge in [-0.1, -0.05) is 18.2 Å². The number of nitrogens with zero attached hydrogens (tertiary/aromatic N) is 2. The Bertz CT molecular complexity index is 2500. The number of thioether (sulfide) groups is 1. The van der Waals surface area contributed by atoms with Crippen LogP contribution in [0.15, 0.2) is 46.2 Å². The lowest BCUT2D eigenvalue weighted by Crippen LogP contribution is -2.80. The van der Waals surface area contributed by atoms with Crippen molar-refractivity contribution in [3.63, 3.8) is 0 Å². The lowest BCUT2D eigenvalue weighted by atomic mass is 9.73. The van der Waals surface area contributed by atoms with E-state index in [1.54, 1.807) is 47.0 Å². The maximum atomic E-state index is 14.7. The first-order valence-corrected chi connectivity index (χ1v) is 23.5. The van der Waals surface area contributed by atoms with Crippen molar-refractivity contribution in [2.45, 2.75) is 71.9 Å². The smallest absolute Gasteiger partial charge is 0.255 e. The summed E-state index contributed by atoms with van der Waals surface area (Å²) in [6, 6.07) is 9.83. The van der Waals surface area contributed by atoms with Gasteiger partial charge in [-0.05, 0) is 48.8 Å². The fraction of sp³-hybridized carbons (Fsp3) is 0.410. The Morgan fingerprint density at radius 2 is 1.52 bits per heavy atom. The quantitative estimate of drug-likeness (QED) is 0.0369. The second kappa shape index (κ2) is 15.9. The van der Waals surface area contributed by atoms with Crippen molar-refractivity contribution >= 4 is 72.8 Å². The van der Waals surface area contributed by atoms with E-state index in [0.717, 1.165) is 4.90 Å². The highest BCUT2D eigenvalue weighted by Crippen LogP contribution is 2.61. The monoisotopic (exact) mass is 881 g/mol. The molecule has 5 heterocycles.